The lowest BCUT2D eigenvalue weighted by Crippen LogP contribution is -2.35. The van der Waals surface area contributed by atoms with Gasteiger partial charge in [0.1, 0.15) is 17.5 Å². The number of halogens is 1. The fourth-order valence-corrected chi connectivity index (χ4v) is 4.87. The Labute approximate surface area is 180 Å². The Balaban J connectivity index is 1.31. The second kappa shape index (κ2) is 6.61. The molecule has 0 bridgehead atoms. The summed E-state index contributed by atoms with van der Waals surface area (Å²) < 4.78 is 13.2. The molecule has 1 amide bonds. The van der Waals surface area contributed by atoms with Crippen LogP contribution >= 0.6 is 0 Å². The molecule has 2 heterocycles. The maximum absolute atomic E-state index is 13.2. The van der Waals surface area contributed by atoms with Crippen LogP contribution in [0.25, 0.3) is 0 Å². The van der Waals surface area contributed by atoms with Crippen molar-refractivity contribution in [3.63, 3.8) is 0 Å². The lowest BCUT2D eigenvalue weighted by Gasteiger charge is -2.31. The van der Waals surface area contributed by atoms with Crippen molar-refractivity contribution in [1.29, 1.82) is 0 Å². The van der Waals surface area contributed by atoms with E-state index < -0.39 is 0 Å². The zero-order valence-electron chi connectivity index (χ0n) is 17.3. The van der Waals surface area contributed by atoms with Gasteiger partial charge in [-0.2, -0.15) is 0 Å². The molecule has 2 atom stereocenters. The first-order chi connectivity index (χ1) is 15.0. The molecule has 0 radical (unpaired) electrons. The highest BCUT2D eigenvalue weighted by molar-refractivity contribution is 5.95. The summed E-state index contributed by atoms with van der Waals surface area (Å²) in [4.78, 5) is 23.9. The minimum atomic E-state index is -0.338. The van der Waals surface area contributed by atoms with Gasteiger partial charge in [-0.25, -0.2) is 14.4 Å². The Hall–Kier alpha value is -3.28. The zero-order chi connectivity index (χ0) is 21.2. The van der Waals surface area contributed by atoms with Crippen molar-refractivity contribution in [1.82, 2.24) is 15.3 Å². The van der Waals surface area contributed by atoms with E-state index >= 15 is 0 Å². The van der Waals surface area contributed by atoms with Gasteiger partial charge in [0.2, 0.25) is 0 Å². The molecular formula is C25H23FN4O. The standard InChI is InChI=1S/C25H23FN4O/c1-15-27-11-8-23(28-15)30-14-17-12-20(17)21-13-18(4-7-22(21)30)25(9-10-25)29-24(31)16-2-5-19(26)6-3-16/h2-8,11,13,17,20H,9-10,12,14H2,1H3,(H,29,31)/t17-,20-/m0/s1. The highest BCUT2D eigenvalue weighted by atomic mass is 19.1. The van der Waals surface area contributed by atoms with Gasteiger partial charge in [-0.1, -0.05) is 12.1 Å². The molecule has 0 spiro atoms. The summed E-state index contributed by atoms with van der Waals surface area (Å²) >= 11 is 0. The number of nitrogens with zero attached hydrogens (tertiary/aromatic N) is 3. The molecule has 3 aromatic rings. The van der Waals surface area contributed by atoms with Crippen LogP contribution in [0.1, 0.15) is 52.5 Å². The predicted molar refractivity (Wildman–Crippen MR) is 116 cm³/mol. The molecule has 1 N–H and O–H groups in total. The quantitative estimate of drug-likeness (QED) is 0.678. The van der Waals surface area contributed by atoms with E-state index in [1.165, 1.54) is 41.9 Å². The molecule has 0 unspecified atom stereocenters. The van der Waals surface area contributed by atoms with Gasteiger partial charge in [0.05, 0.1) is 5.54 Å². The van der Waals surface area contributed by atoms with E-state index in [2.05, 4.69) is 38.4 Å². The minimum absolute atomic E-state index is 0.155. The third-order valence-corrected chi connectivity index (χ3v) is 6.86. The van der Waals surface area contributed by atoms with Gasteiger partial charge in [-0.3, -0.25) is 4.79 Å². The van der Waals surface area contributed by atoms with Gasteiger partial charge in [-0.05, 0) is 85.5 Å². The number of carbonyl (C=O) groups excluding carboxylic acids is 1. The highest BCUT2D eigenvalue weighted by Crippen LogP contribution is 2.57. The van der Waals surface area contributed by atoms with E-state index in [0.29, 0.717) is 17.4 Å². The Morgan fingerprint density at radius 2 is 1.97 bits per heavy atom. The largest absolute Gasteiger partial charge is 0.343 e. The Morgan fingerprint density at radius 3 is 2.71 bits per heavy atom. The van der Waals surface area contributed by atoms with E-state index in [9.17, 15) is 9.18 Å². The number of aryl methyl sites for hydroxylation is 1. The maximum atomic E-state index is 13.2. The molecule has 1 aromatic heterocycles. The van der Waals surface area contributed by atoms with Gasteiger partial charge in [0.15, 0.2) is 0 Å². The third-order valence-electron chi connectivity index (χ3n) is 6.86. The molecule has 2 fully saturated rings. The summed E-state index contributed by atoms with van der Waals surface area (Å²) in [6.07, 6.45) is 4.85. The maximum Gasteiger partial charge on any atom is 0.251 e. The molecule has 6 heteroatoms. The topological polar surface area (TPSA) is 58.1 Å². The first-order valence-corrected chi connectivity index (χ1v) is 10.8. The Bertz CT molecular complexity index is 1190. The predicted octanol–water partition coefficient (Wildman–Crippen LogP) is 4.60. The Morgan fingerprint density at radius 1 is 1.16 bits per heavy atom. The number of rotatable bonds is 4. The van der Waals surface area contributed by atoms with Crippen LogP contribution in [0, 0.1) is 18.7 Å². The van der Waals surface area contributed by atoms with Gasteiger partial charge in [0.25, 0.3) is 5.91 Å². The third kappa shape index (κ3) is 3.17. The van der Waals surface area contributed by atoms with Gasteiger partial charge < -0.3 is 10.2 Å². The number of amides is 1. The molecule has 1 aliphatic heterocycles. The molecule has 2 aliphatic carbocycles. The molecular weight excluding hydrogens is 391 g/mol. The number of hydrogen-bond acceptors (Lipinski definition) is 4. The monoisotopic (exact) mass is 414 g/mol. The SMILES string of the molecule is Cc1nccc(N2C[C@@H]3C[C@@H]3c3cc(C4(NC(=O)c5ccc(F)cc5)CC4)ccc32)n1. The van der Waals surface area contributed by atoms with Crippen LogP contribution in [-0.2, 0) is 5.54 Å². The lowest BCUT2D eigenvalue weighted by molar-refractivity contribution is 0.0930. The molecule has 31 heavy (non-hydrogen) atoms. The number of fused-ring (bicyclic) bond motifs is 3. The van der Waals surface area contributed by atoms with E-state index in [1.807, 2.05) is 19.2 Å². The van der Waals surface area contributed by atoms with Crippen LogP contribution < -0.4 is 10.2 Å². The van der Waals surface area contributed by atoms with Crippen molar-refractivity contribution in [2.24, 2.45) is 5.92 Å². The highest BCUT2D eigenvalue weighted by Gasteiger charge is 2.49. The van der Waals surface area contributed by atoms with Crippen LogP contribution in [0.15, 0.2) is 54.7 Å². The number of carbonyl (C=O) groups is 1. The van der Waals surface area contributed by atoms with Gasteiger partial charge in [0, 0.05) is 24.0 Å². The number of nitrogens with one attached hydrogen (secondary N) is 1. The number of aromatic nitrogens is 2. The second-order valence-electron chi connectivity index (χ2n) is 8.99. The number of anilines is 2. The molecule has 5 nitrogen and oxygen atoms in total. The number of hydrogen-bond donors (Lipinski definition) is 1. The molecule has 3 aliphatic rings. The van der Waals surface area contributed by atoms with E-state index in [4.69, 9.17) is 0 Å². The number of benzene rings is 2. The van der Waals surface area contributed by atoms with Crippen molar-refractivity contribution in [3.8, 4) is 0 Å². The van der Waals surface area contributed by atoms with Gasteiger partial charge in [-0.15, -0.1) is 0 Å². The molecule has 0 saturated heterocycles. The molecule has 2 aromatic carbocycles. The average Bonchev–Trinajstić information content (AvgIpc) is 3.69. The second-order valence-corrected chi connectivity index (χ2v) is 8.99. The fraction of sp³-hybridized carbons (Fsp3) is 0.320. The lowest BCUT2D eigenvalue weighted by atomic mass is 9.94. The van der Waals surface area contributed by atoms with Crippen molar-refractivity contribution in [2.75, 3.05) is 11.4 Å². The van der Waals surface area contributed by atoms with Crippen LogP contribution in [0.2, 0.25) is 0 Å². The van der Waals surface area contributed by atoms with Crippen LogP contribution in [0.3, 0.4) is 0 Å². The van der Waals surface area contributed by atoms with Gasteiger partial charge >= 0.3 is 0 Å². The summed E-state index contributed by atoms with van der Waals surface area (Å²) in [6.45, 7) is 2.90. The normalized spacial score (nSPS) is 22.3. The van der Waals surface area contributed by atoms with Crippen LogP contribution in [0.5, 0.6) is 0 Å². The average molecular weight is 414 g/mol. The van der Waals surface area contributed by atoms with Crippen molar-refractivity contribution >= 4 is 17.4 Å². The van der Waals surface area contributed by atoms with Crippen molar-refractivity contribution in [3.05, 3.63) is 83.1 Å². The van der Waals surface area contributed by atoms with E-state index in [0.717, 1.165) is 36.6 Å². The Kier molecular flexibility index (Phi) is 3.94. The van der Waals surface area contributed by atoms with Crippen LogP contribution in [0.4, 0.5) is 15.9 Å². The van der Waals surface area contributed by atoms with E-state index in [1.54, 1.807) is 0 Å². The first kappa shape index (κ1) is 18.5. The van der Waals surface area contributed by atoms with Crippen molar-refractivity contribution in [2.45, 2.75) is 37.6 Å². The molecule has 2 saturated carbocycles. The minimum Gasteiger partial charge on any atom is -0.343 e. The van der Waals surface area contributed by atoms with Crippen molar-refractivity contribution < 1.29 is 9.18 Å². The zero-order valence-corrected chi connectivity index (χ0v) is 17.3. The fourth-order valence-electron chi connectivity index (χ4n) is 4.87. The molecule has 156 valence electrons. The molecule has 6 rings (SSSR count). The summed E-state index contributed by atoms with van der Waals surface area (Å²) in [7, 11) is 0. The summed E-state index contributed by atoms with van der Waals surface area (Å²) in [5, 5.41) is 3.21. The van der Waals surface area contributed by atoms with E-state index in [-0.39, 0.29) is 17.3 Å². The summed E-state index contributed by atoms with van der Waals surface area (Å²) in [5.41, 5.74) is 3.89. The summed E-state index contributed by atoms with van der Waals surface area (Å²) in [6, 6.07) is 14.3. The van der Waals surface area contributed by atoms with Crippen LogP contribution in [-0.4, -0.2) is 22.4 Å². The summed E-state index contributed by atoms with van der Waals surface area (Å²) in [5.74, 6) is 2.47. The smallest absolute Gasteiger partial charge is 0.251 e. The first-order valence-electron chi connectivity index (χ1n) is 10.8.